The highest BCUT2D eigenvalue weighted by molar-refractivity contribution is 6.30. The predicted molar refractivity (Wildman–Crippen MR) is 81.0 cm³/mol. The number of likely N-dealkylation sites (N-methyl/N-ethyl adjacent to an activating group) is 1. The van der Waals surface area contributed by atoms with Gasteiger partial charge in [-0.2, -0.15) is 0 Å². The summed E-state index contributed by atoms with van der Waals surface area (Å²) in [4.78, 5) is 26.9. The Labute approximate surface area is 124 Å². The maximum atomic E-state index is 11.8. The second-order valence-electron chi connectivity index (χ2n) is 4.73. The van der Waals surface area contributed by atoms with E-state index in [0.29, 0.717) is 17.3 Å². The summed E-state index contributed by atoms with van der Waals surface area (Å²) in [6, 6.07) is 6.82. The maximum absolute atomic E-state index is 11.8. The molecule has 0 fully saturated rings. The molecule has 5 nitrogen and oxygen atoms in total. The van der Waals surface area contributed by atoms with Crippen molar-refractivity contribution in [3.8, 4) is 0 Å². The Balaban J connectivity index is 2.61. The van der Waals surface area contributed by atoms with Crippen LogP contribution in [0.2, 0.25) is 5.02 Å². The highest BCUT2D eigenvalue weighted by Crippen LogP contribution is 2.17. The van der Waals surface area contributed by atoms with Crippen molar-refractivity contribution in [2.45, 2.75) is 6.92 Å². The fourth-order valence-electron chi connectivity index (χ4n) is 1.62. The molecule has 0 unspecified atom stereocenters. The van der Waals surface area contributed by atoms with E-state index in [4.69, 9.17) is 11.6 Å². The van der Waals surface area contributed by atoms with Crippen molar-refractivity contribution in [3.05, 3.63) is 29.3 Å². The first kappa shape index (κ1) is 16.5. The molecule has 1 rings (SSSR count). The number of nitrogens with one attached hydrogen (secondary N) is 1. The average molecular weight is 298 g/mol. The molecule has 20 heavy (non-hydrogen) atoms. The third-order valence-electron chi connectivity index (χ3n) is 2.70. The van der Waals surface area contributed by atoms with Crippen LogP contribution in [0.4, 0.5) is 5.69 Å². The van der Waals surface area contributed by atoms with Gasteiger partial charge in [-0.15, -0.1) is 0 Å². The summed E-state index contributed by atoms with van der Waals surface area (Å²) in [6.45, 7) is 2.75. The van der Waals surface area contributed by atoms with E-state index in [1.807, 2.05) is 19.0 Å². The highest BCUT2D eigenvalue weighted by Gasteiger charge is 2.15. The number of nitrogens with zero attached hydrogens (tertiary/aromatic N) is 2. The van der Waals surface area contributed by atoms with Gasteiger partial charge in [-0.3, -0.25) is 9.59 Å². The molecule has 0 bridgehead atoms. The van der Waals surface area contributed by atoms with Crippen LogP contribution in [0.5, 0.6) is 0 Å². The quantitative estimate of drug-likeness (QED) is 0.863. The van der Waals surface area contributed by atoms with E-state index in [1.165, 1.54) is 11.8 Å². The molecule has 6 heteroatoms. The number of halogens is 1. The summed E-state index contributed by atoms with van der Waals surface area (Å²) >= 11 is 5.81. The van der Waals surface area contributed by atoms with Crippen LogP contribution in [0.1, 0.15) is 6.92 Å². The SMILES string of the molecule is CC(=O)N(CC(=O)NCCN(C)C)c1ccc(Cl)cc1. The topological polar surface area (TPSA) is 52.7 Å². The number of hydrogen-bond donors (Lipinski definition) is 1. The average Bonchev–Trinajstić information content (AvgIpc) is 2.36. The van der Waals surface area contributed by atoms with Crippen molar-refractivity contribution < 1.29 is 9.59 Å². The Bertz CT molecular complexity index is 460. The molecule has 0 aliphatic heterocycles. The minimum atomic E-state index is -0.185. The molecule has 1 aromatic rings. The van der Waals surface area contributed by atoms with Gasteiger partial charge in [0.15, 0.2) is 0 Å². The van der Waals surface area contributed by atoms with E-state index in [9.17, 15) is 9.59 Å². The number of rotatable bonds is 6. The van der Waals surface area contributed by atoms with Crippen LogP contribution in [0, 0.1) is 0 Å². The third kappa shape index (κ3) is 5.59. The molecule has 0 aromatic heterocycles. The number of benzene rings is 1. The van der Waals surface area contributed by atoms with Gasteiger partial charge in [0, 0.05) is 30.7 Å². The fourth-order valence-corrected chi connectivity index (χ4v) is 1.75. The van der Waals surface area contributed by atoms with E-state index in [0.717, 1.165) is 6.54 Å². The Kier molecular flexibility index (Phi) is 6.48. The predicted octanol–water partition coefficient (Wildman–Crippen LogP) is 1.37. The van der Waals surface area contributed by atoms with Crippen LogP contribution in [-0.4, -0.2) is 50.4 Å². The van der Waals surface area contributed by atoms with Crippen molar-refractivity contribution in [3.63, 3.8) is 0 Å². The number of carbonyl (C=O) groups excluding carboxylic acids is 2. The van der Waals surface area contributed by atoms with Gasteiger partial charge in [0.2, 0.25) is 11.8 Å². The summed E-state index contributed by atoms with van der Waals surface area (Å²) in [6.07, 6.45) is 0. The first-order chi connectivity index (χ1) is 9.40. The lowest BCUT2D eigenvalue weighted by Crippen LogP contribution is -2.41. The molecule has 0 aliphatic carbocycles. The maximum Gasteiger partial charge on any atom is 0.240 e. The van der Waals surface area contributed by atoms with Crippen LogP contribution < -0.4 is 10.2 Å². The molecule has 0 saturated heterocycles. The first-order valence-corrected chi connectivity index (χ1v) is 6.73. The number of amides is 2. The van der Waals surface area contributed by atoms with Crippen LogP contribution >= 0.6 is 11.6 Å². The van der Waals surface area contributed by atoms with Gasteiger partial charge in [-0.05, 0) is 38.4 Å². The summed E-state index contributed by atoms with van der Waals surface area (Å²) in [7, 11) is 3.86. The van der Waals surface area contributed by atoms with Gasteiger partial charge in [-0.1, -0.05) is 11.6 Å². The van der Waals surface area contributed by atoms with E-state index in [1.54, 1.807) is 24.3 Å². The Morgan fingerprint density at radius 1 is 1.20 bits per heavy atom. The van der Waals surface area contributed by atoms with Gasteiger partial charge in [0.05, 0.1) is 0 Å². The van der Waals surface area contributed by atoms with Crippen molar-refractivity contribution in [2.24, 2.45) is 0 Å². The Hall–Kier alpha value is -1.59. The lowest BCUT2D eigenvalue weighted by atomic mass is 10.2. The van der Waals surface area contributed by atoms with Crippen LogP contribution in [0.3, 0.4) is 0 Å². The van der Waals surface area contributed by atoms with Crippen molar-refractivity contribution in [1.82, 2.24) is 10.2 Å². The minimum absolute atomic E-state index is 0.00436. The van der Waals surface area contributed by atoms with E-state index in [-0.39, 0.29) is 18.4 Å². The molecular formula is C14H20ClN3O2. The van der Waals surface area contributed by atoms with Gasteiger partial charge < -0.3 is 15.1 Å². The van der Waals surface area contributed by atoms with E-state index in [2.05, 4.69) is 5.32 Å². The summed E-state index contributed by atoms with van der Waals surface area (Å²) in [5.74, 6) is -0.368. The molecule has 1 aromatic carbocycles. The summed E-state index contributed by atoms with van der Waals surface area (Å²) in [5.41, 5.74) is 0.657. The number of anilines is 1. The number of carbonyl (C=O) groups is 2. The summed E-state index contributed by atoms with van der Waals surface area (Å²) in [5, 5.41) is 3.37. The molecule has 0 atom stereocenters. The molecule has 0 saturated carbocycles. The smallest absolute Gasteiger partial charge is 0.240 e. The van der Waals surface area contributed by atoms with Crippen molar-refractivity contribution in [1.29, 1.82) is 0 Å². The molecule has 0 aliphatic rings. The zero-order valence-electron chi connectivity index (χ0n) is 12.0. The molecular weight excluding hydrogens is 278 g/mol. The summed E-state index contributed by atoms with van der Waals surface area (Å²) < 4.78 is 0. The van der Waals surface area contributed by atoms with E-state index < -0.39 is 0 Å². The Morgan fingerprint density at radius 2 is 1.80 bits per heavy atom. The van der Waals surface area contributed by atoms with E-state index >= 15 is 0 Å². The molecule has 0 radical (unpaired) electrons. The van der Waals surface area contributed by atoms with Crippen molar-refractivity contribution >= 4 is 29.1 Å². The zero-order valence-corrected chi connectivity index (χ0v) is 12.8. The fraction of sp³-hybridized carbons (Fsp3) is 0.429. The largest absolute Gasteiger partial charge is 0.353 e. The first-order valence-electron chi connectivity index (χ1n) is 6.35. The highest BCUT2D eigenvalue weighted by atomic mass is 35.5. The molecule has 0 spiro atoms. The van der Waals surface area contributed by atoms with Crippen LogP contribution in [-0.2, 0) is 9.59 Å². The molecule has 110 valence electrons. The second-order valence-corrected chi connectivity index (χ2v) is 5.17. The van der Waals surface area contributed by atoms with Gasteiger partial charge in [0.1, 0.15) is 6.54 Å². The number of hydrogen-bond acceptors (Lipinski definition) is 3. The van der Waals surface area contributed by atoms with Gasteiger partial charge in [0.25, 0.3) is 0 Å². The second kappa shape index (κ2) is 7.87. The lowest BCUT2D eigenvalue weighted by Gasteiger charge is -2.21. The van der Waals surface area contributed by atoms with Gasteiger partial charge >= 0.3 is 0 Å². The van der Waals surface area contributed by atoms with Crippen LogP contribution in [0.15, 0.2) is 24.3 Å². The van der Waals surface area contributed by atoms with Gasteiger partial charge in [-0.25, -0.2) is 0 Å². The standard InChI is InChI=1S/C14H20ClN3O2/c1-11(19)18(13-6-4-12(15)5-7-13)10-14(20)16-8-9-17(2)3/h4-7H,8-10H2,1-3H3,(H,16,20). The Morgan fingerprint density at radius 3 is 2.30 bits per heavy atom. The lowest BCUT2D eigenvalue weighted by molar-refractivity contribution is -0.123. The molecule has 2 amide bonds. The normalized spacial score (nSPS) is 10.4. The minimum Gasteiger partial charge on any atom is -0.353 e. The zero-order chi connectivity index (χ0) is 15.1. The van der Waals surface area contributed by atoms with Crippen LogP contribution in [0.25, 0.3) is 0 Å². The third-order valence-corrected chi connectivity index (χ3v) is 2.95. The molecule has 1 N–H and O–H groups in total. The van der Waals surface area contributed by atoms with Crippen molar-refractivity contribution in [2.75, 3.05) is 38.6 Å². The monoisotopic (exact) mass is 297 g/mol. The molecule has 0 heterocycles.